The largest absolute Gasteiger partial charge is 0.467 e. The highest BCUT2D eigenvalue weighted by Gasteiger charge is 2.14. The minimum atomic E-state index is -0.613. The molecule has 1 amide bonds. The summed E-state index contributed by atoms with van der Waals surface area (Å²) >= 11 is 0. The van der Waals surface area contributed by atoms with E-state index in [1.165, 1.54) is 12.3 Å². The van der Waals surface area contributed by atoms with Gasteiger partial charge in [-0.05, 0) is 42.8 Å². The molecule has 0 saturated heterocycles. The van der Waals surface area contributed by atoms with Gasteiger partial charge in [-0.2, -0.15) is 0 Å². The predicted molar refractivity (Wildman–Crippen MR) is 87.8 cm³/mol. The number of amides is 1. The van der Waals surface area contributed by atoms with Crippen molar-refractivity contribution in [2.24, 2.45) is 0 Å². The van der Waals surface area contributed by atoms with E-state index >= 15 is 0 Å². The highest BCUT2D eigenvalue weighted by molar-refractivity contribution is 5.89. The van der Waals surface area contributed by atoms with E-state index in [4.69, 9.17) is 18.6 Å². The second-order valence-corrected chi connectivity index (χ2v) is 5.36. The van der Waals surface area contributed by atoms with Crippen molar-refractivity contribution in [1.29, 1.82) is 0 Å². The molecule has 2 heterocycles. The smallest absolute Gasteiger partial charge is 0.331 e. The Morgan fingerprint density at radius 1 is 1.28 bits per heavy atom. The van der Waals surface area contributed by atoms with Gasteiger partial charge in [-0.25, -0.2) is 4.79 Å². The van der Waals surface area contributed by atoms with Crippen molar-refractivity contribution < 1.29 is 28.2 Å². The van der Waals surface area contributed by atoms with Crippen molar-refractivity contribution in [2.75, 3.05) is 13.4 Å². The first-order valence-electron chi connectivity index (χ1n) is 7.69. The molecule has 25 heavy (non-hydrogen) atoms. The lowest BCUT2D eigenvalue weighted by Gasteiger charge is -2.11. The lowest BCUT2D eigenvalue weighted by molar-refractivity contribution is -0.144. The minimum absolute atomic E-state index is 0.191. The SMILES string of the molecule is C[C@H](NC(=O)COC(=O)/C=C/c1ccc2c(c1)OCO2)c1ccco1. The molecule has 0 unspecified atom stereocenters. The number of hydrogen-bond acceptors (Lipinski definition) is 6. The van der Waals surface area contributed by atoms with Crippen LogP contribution in [0.5, 0.6) is 11.5 Å². The number of nitrogens with one attached hydrogen (secondary N) is 1. The number of carbonyl (C=O) groups is 2. The van der Waals surface area contributed by atoms with Gasteiger partial charge in [0, 0.05) is 6.08 Å². The Morgan fingerprint density at radius 3 is 2.92 bits per heavy atom. The molecule has 1 atom stereocenters. The number of hydrogen-bond donors (Lipinski definition) is 1. The summed E-state index contributed by atoms with van der Waals surface area (Å²) in [5.41, 5.74) is 0.761. The lowest BCUT2D eigenvalue weighted by atomic mass is 10.2. The average molecular weight is 343 g/mol. The van der Waals surface area contributed by atoms with E-state index in [-0.39, 0.29) is 19.4 Å². The number of esters is 1. The lowest BCUT2D eigenvalue weighted by Crippen LogP contribution is -2.30. The molecule has 1 aliphatic heterocycles. The minimum Gasteiger partial charge on any atom is -0.467 e. The van der Waals surface area contributed by atoms with Gasteiger partial charge in [-0.1, -0.05) is 6.07 Å². The van der Waals surface area contributed by atoms with E-state index in [2.05, 4.69) is 5.32 Å². The maximum atomic E-state index is 11.8. The zero-order valence-corrected chi connectivity index (χ0v) is 13.6. The molecule has 0 bridgehead atoms. The third-order valence-electron chi connectivity index (χ3n) is 3.50. The predicted octanol–water partition coefficient (Wildman–Crippen LogP) is 2.44. The standard InChI is InChI=1S/C18H17NO6/c1-12(14-3-2-8-22-14)19-17(20)10-23-18(21)7-5-13-4-6-15-16(9-13)25-11-24-15/h2-9,12H,10-11H2,1H3,(H,19,20)/b7-5+/t12-/m0/s1. The molecule has 1 aromatic heterocycles. The fraction of sp³-hybridized carbons (Fsp3) is 0.222. The van der Waals surface area contributed by atoms with Gasteiger partial charge in [-0.15, -0.1) is 0 Å². The van der Waals surface area contributed by atoms with E-state index in [1.54, 1.807) is 43.3 Å². The fourth-order valence-corrected chi connectivity index (χ4v) is 2.26. The van der Waals surface area contributed by atoms with Crippen molar-refractivity contribution >= 4 is 18.0 Å². The number of rotatable bonds is 6. The van der Waals surface area contributed by atoms with E-state index in [0.717, 1.165) is 5.56 Å². The number of benzene rings is 1. The molecule has 7 nitrogen and oxygen atoms in total. The molecule has 7 heteroatoms. The topological polar surface area (TPSA) is 87.0 Å². The summed E-state index contributed by atoms with van der Waals surface area (Å²) in [6, 6.07) is 8.49. The second kappa shape index (κ2) is 7.57. The molecule has 1 N–H and O–H groups in total. The molecular formula is C18H17NO6. The first-order valence-corrected chi connectivity index (χ1v) is 7.69. The van der Waals surface area contributed by atoms with Gasteiger partial charge in [0.05, 0.1) is 12.3 Å². The first-order chi connectivity index (χ1) is 12.1. The van der Waals surface area contributed by atoms with Gasteiger partial charge in [0.15, 0.2) is 18.1 Å². The molecule has 2 aromatic rings. The molecule has 0 spiro atoms. The van der Waals surface area contributed by atoms with Crippen LogP contribution in [0.3, 0.4) is 0 Å². The Kier molecular flexibility index (Phi) is 5.03. The van der Waals surface area contributed by atoms with Crippen LogP contribution >= 0.6 is 0 Å². The zero-order valence-electron chi connectivity index (χ0n) is 13.6. The normalized spacial score (nSPS) is 13.6. The van der Waals surface area contributed by atoms with Crippen LogP contribution in [0, 0.1) is 0 Å². The summed E-state index contributed by atoms with van der Waals surface area (Å²) < 4.78 is 20.6. The monoisotopic (exact) mass is 343 g/mol. The van der Waals surface area contributed by atoms with Crippen molar-refractivity contribution in [1.82, 2.24) is 5.32 Å². The number of carbonyl (C=O) groups excluding carboxylic acids is 2. The fourth-order valence-electron chi connectivity index (χ4n) is 2.26. The summed E-state index contributed by atoms with van der Waals surface area (Å²) in [4.78, 5) is 23.5. The van der Waals surface area contributed by atoms with Crippen LogP contribution in [0.1, 0.15) is 24.3 Å². The van der Waals surface area contributed by atoms with Crippen LogP contribution in [0.15, 0.2) is 47.1 Å². The summed E-state index contributed by atoms with van der Waals surface area (Å²) in [5.74, 6) is 0.901. The van der Waals surface area contributed by atoms with Crippen LogP contribution < -0.4 is 14.8 Å². The molecule has 0 aliphatic carbocycles. The highest BCUT2D eigenvalue weighted by atomic mass is 16.7. The summed E-state index contributed by atoms with van der Waals surface area (Å²) in [7, 11) is 0. The Hall–Kier alpha value is -3.22. The quantitative estimate of drug-likeness (QED) is 0.640. The van der Waals surface area contributed by atoms with E-state index < -0.39 is 11.9 Å². The second-order valence-electron chi connectivity index (χ2n) is 5.36. The van der Waals surface area contributed by atoms with E-state index in [1.807, 2.05) is 0 Å². The van der Waals surface area contributed by atoms with Crippen molar-refractivity contribution in [3.05, 3.63) is 54.0 Å². The molecule has 1 aromatic carbocycles. The van der Waals surface area contributed by atoms with Crippen molar-refractivity contribution in [2.45, 2.75) is 13.0 Å². The number of furan rings is 1. The van der Waals surface area contributed by atoms with E-state index in [0.29, 0.717) is 17.3 Å². The van der Waals surface area contributed by atoms with Gasteiger partial charge >= 0.3 is 5.97 Å². The molecule has 0 saturated carbocycles. The average Bonchev–Trinajstić information content (AvgIpc) is 3.28. The summed E-state index contributed by atoms with van der Waals surface area (Å²) in [6.45, 7) is 1.60. The zero-order chi connectivity index (χ0) is 17.6. The van der Waals surface area contributed by atoms with Gasteiger partial charge in [0.2, 0.25) is 6.79 Å². The first kappa shape index (κ1) is 16.6. The number of fused-ring (bicyclic) bond motifs is 1. The van der Waals surface area contributed by atoms with Crippen molar-refractivity contribution in [3.63, 3.8) is 0 Å². The Bertz CT molecular complexity index is 781. The molecule has 3 rings (SSSR count). The Labute approximate surface area is 144 Å². The van der Waals surface area contributed by atoms with Crippen LogP contribution in [0.25, 0.3) is 6.08 Å². The maximum absolute atomic E-state index is 11.8. The maximum Gasteiger partial charge on any atom is 0.331 e. The Morgan fingerprint density at radius 2 is 2.12 bits per heavy atom. The summed E-state index contributed by atoms with van der Waals surface area (Å²) in [6.07, 6.45) is 4.35. The highest BCUT2D eigenvalue weighted by Crippen LogP contribution is 2.32. The molecule has 1 aliphatic rings. The van der Waals surface area contributed by atoms with Crippen LogP contribution in [-0.4, -0.2) is 25.3 Å². The Balaban J connectivity index is 1.45. The third-order valence-corrected chi connectivity index (χ3v) is 3.50. The van der Waals surface area contributed by atoms with Gasteiger partial charge in [0.1, 0.15) is 5.76 Å². The molecule has 0 fully saturated rings. The van der Waals surface area contributed by atoms with Crippen molar-refractivity contribution in [3.8, 4) is 11.5 Å². The van der Waals surface area contributed by atoms with Crippen LogP contribution in [0.4, 0.5) is 0 Å². The van der Waals surface area contributed by atoms with Gasteiger partial charge in [0.25, 0.3) is 5.91 Å². The van der Waals surface area contributed by atoms with E-state index in [9.17, 15) is 9.59 Å². The van der Waals surface area contributed by atoms with Crippen LogP contribution in [-0.2, 0) is 14.3 Å². The summed E-state index contributed by atoms with van der Waals surface area (Å²) in [5, 5.41) is 2.68. The van der Waals surface area contributed by atoms with Gasteiger partial charge in [-0.3, -0.25) is 4.79 Å². The number of ether oxygens (including phenoxy) is 3. The third kappa shape index (κ3) is 4.41. The van der Waals surface area contributed by atoms with Crippen LogP contribution in [0.2, 0.25) is 0 Å². The molecule has 0 radical (unpaired) electrons. The molecule has 130 valence electrons. The van der Waals surface area contributed by atoms with Gasteiger partial charge < -0.3 is 23.9 Å². The molecular weight excluding hydrogens is 326 g/mol.